The molecule has 0 heterocycles. The first-order chi connectivity index (χ1) is 6.61. The van der Waals surface area contributed by atoms with E-state index in [-0.39, 0.29) is 21.3 Å². The van der Waals surface area contributed by atoms with E-state index in [1.165, 1.54) is 19.2 Å². The second-order valence-corrected chi connectivity index (χ2v) is 3.22. The number of phenols is 1. The minimum Gasteiger partial charge on any atom is -0.506 e. The second kappa shape index (κ2) is 4.11. The highest BCUT2D eigenvalue weighted by Crippen LogP contribution is 2.31. The number of benzene rings is 1. The number of nitrogens with zero attached hydrogens (tertiary/aromatic N) is 1. The number of rotatable bonds is 1. The monoisotopic (exact) mass is 255 g/mol. The van der Waals surface area contributed by atoms with Crippen molar-refractivity contribution in [3.05, 3.63) is 27.7 Å². The van der Waals surface area contributed by atoms with Crippen LogP contribution in [-0.2, 0) is 4.74 Å². The quantitative estimate of drug-likeness (QED) is 0.778. The molecule has 0 aliphatic rings. The van der Waals surface area contributed by atoms with Gasteiger partial charge in [-0.25, -0.2) is 4.79 Å². The predicted octanol–water partition coefficient (Wildman–Crippen LogP) is 1.81. The Morgan fingerprint density at radius 1 is 1.64 bits per heavy atom. The third-order valence-corrected chi connectivity index (χ3v) is 2.44. The van der Waals surface area contributed by atoms with E-state index in [1.54, 1.807) is 0 Å². The van der Waals surface area contributed by atoms with Crippen LogP contribution in [0.4, 0.5) is 0 Å². The van der Waals surface area contributed by atoms with Gasteiger partial charge in [-0.1, -0.05) is 0 Å². The van der Waals surface area contributed by atoms with E-state index < -0.39 is 5.97 Å². The van der Waals surface area contributed by atoms with Gasteiger partial charge in [0.1, 0.15) is 17.4 Å². The van der Waals surface area contributed by atoms with E-state index in [0.29, 0.717) is 0 Å². The fourth-order valence-electron chi connectivity index (χ4n) is 0.926. The standard InChI is InChI=1S/C9H6BrNO3/c1-14-9(13)6-3-2-5(4-11)7(10)8(6)12/h2-3,12H,1H3. The van der Waals surface area contributed by atoms with Crippen molar-refractivity contribution in [2.45, 2.75) is 0 Å². The lowest BCUT2D eigenvalue weighted by atomic mass is 10.1. The molecule has 0 saturated carbocycles. The Morgan fingerprint density at radius 3 is 2.79 bits per heavy atom. The molecule has 14 heavy (non-hydrogen) atoms. The summed E-state index contributed by atoms with van der Waals surface area (Å²) >= 11 is 3.01. The molecule has 1 N–H and O–H groups in total. The van der Waals surface area contributed by atoms with Gasteiger partial charge in [-0.3, -0.25) is 0 Å². The largest absolute Gasteiger partial charge is 0.506 e. The topological polar surface area (TPSA) is 70.3 Å². The minimum atomic E-state index is -0.646. The Hall–Kier alpha value is -1.54. The Morgan fingerprint density at radius 2 is 2.29 bits per heavy atom. The zero-order valence-corrected chi connectivity index (χ0v) is 8.83. The molecule has 0 bridgehead atoms. The predicted molar refractivity (Wildman–Crippen MR) is 51.9 cm³/mol. The van der Waals surface area contributed by atoms with Crippen LogP contribution in [0, 0.1) is 11.3 Å². The maximum absolute atomic E-state index is 11.1. The van der Waals surface area contributed by atoms with Crippen LogP contribution in [0.15, 0.2) is 16.6 Å². The van der Waals surface area contributed by atoms with Crippen molar-refractivity contribution >= 4 is 21.9 Å². The number of methoxy groups -OCH3 is 1. The molecule has 0 atom stereocenters. The van der Waals surface area contributed by atoms with Crippen molar-refractivity contribution in [2.75, 3.05) is 7.11 Å². The van der Waals surface area contributed by atoms with Crippen molar-refractivity contribution in [3.8, 4) is 11.8 Å². The Labute approximate surface area is 88.9 Å². The van der Waals surface area contributed by atoms with E-state index in [2.05, 4.69) is 20.7 Å². The summed E-state index contributed by atoms with van der Waals surface area (Å²) < 4.78 is 4.64. The fourth-order valence-corrected chi connectivity index (χ4v) is 1.36. The molecule has 1 rings (SSSR count). The lowest BCUT2D eigenvalue weighted by Gasteiger charge is -2.04. The third kappa shape index (κ3) is 1.70. The molecule has 5 heteroatoms. The van der Waals surface area contributed by atoms with Crippen molar-refractivity contribution < 1.29 is 14.6 Å². The number of nitriles is 1. The summed E-state index contributed by atoms with van der Waals surface area (Å²) in [6.07, 6.45) is 0. The number of carbonyl (C=O) groups is 1. The third-order valence-electron chi connectivity index (χ3n) is 1.64. The molecule has 1 aromatic carbocycles. The van der Waals surface area contributed by atoms with E-state index in [1.807, 2.05) is 6.07 Å². The van der Waals surface area contributed by atoms with Gasteiger partial charge >= 0.3 is 5.97 Å². The highest BCUT2D eigenvalue weighted by Gasteiger charge is 2.16. The number of hydrogen-bond donors (Lipinski definition) is 1. The molecule has 0 unspecified atom stereocenters. The summed E-state index contributed by atoms with van der Waals surface area (Å²) in [5.41, 5.74) is 0.286. The first-order valence-corrected chi connectivity index (χ1v) is 4.41. The first kappa shape index (κ1) is 10.5. The first-order valence-electron chi connectivity index (χ1n) is 3.61. The SMILES string of the molecule is COC(=O)c1ccc(C#N)c(Br)c1O. The van der Waals surface area contributed by atoms with E-state index >= 15 is 0 Å². The molecule has 0 saturated heterocycles. The van der Waals surface area contributed by atoms with E-state index in [0.717, 1.165) is 0 Å². The molecule has 0 fully saturated rings. The molecule has 0 radical (unpaired) electrons. The molecule has 1 aromatic rings. The summed E-state index contributed by atoms with van der Waals surface area (Å²) in [7, 11) is 1.22. The molecule has 72 valence electrons. The van der Waals surface area contributed by atoms with Gasteiger partial charge < -0.3 is 9.84 Å². The molecule has 4 nitrogen and oxygen atoms in total. The van der Waals surface area contributed by atoms with E-state index in [9.17, 15) is 9.90 Å². The van der Waals surface area contributed by atoms with Crippen molar-refractivity contribution in [3.63, 3.8) is 0 Å². The van der Waals surface area contributed by atoms with Crippen LogP contribution in [0.3, 0.4) is 0 Å². The smallest absolute Gasteiger partial charge is 0.341 e. The van der Waals surface area contributed by atoms with E-state index in [4.69, 9.17) is 5.26 Å². The van der Waals surface area contributed by atoms with Crippen LogP contribution in [-0.4, -0.2) is 18.2 Å². The summed E-state index contributed by atoms with van der Waals surface area (Å²) in [5.74, 6) is -0.927. The number of ether oxygens (including phenoxy) is 1. The lowest BCUT2D eigenvalue weighted by Crippen LogP contribution is -2.02. The maximum atomic E-state index is 11.1. The van der Waals surface area contributed by atoms with Gasteiger partial charge in [0.2, 0.25) is 0 Å². The highest BCUT2D eigenvalue weighted by molar-refractivity contribution is 9.10. The van der Waals surface area contributed by atoms with Crippen LogP contribution < -0.4 is 0 Å². The van der Waals surface area contributed by atoms with Gasteiger partial charge in [0.05, 0.1) is 17.1 Å². The lowest BCUT2D eigenvalue weighted by molar-refractivity contribution is 0.0597. The molecule has 0 aliphatic carbocycles. The maximum Gasteiger partial charge on any atom is 0.341 e. The van der Waals surface area contributed by atoms with Crippen LogP contribution in [0.2, 0.25) is 0 Å². The number of phenolic OH excluding ortho intramolecular Hbond substituents is 1. The molecular formula is C9H6BrNO3. The fraction of sp³-hybridized carbons (Fsp3) is 0.111. The van der Waals surface area contributed by atoms with Crippen LogP contribution >= 0.6 is 15.9 Å². The van der Waals surface area contributed by atoms with Crippen LogP contribution in [0.25, 0.3) is 0 Å². The summed E-state index contributed by atoms with van der Waals surface area (Å²) in [6, 6.07) is 4.63. The molecule has 0 aliphatic heterocycles. The summed E-state index contributed by atoms with van der Waals surface area (Å²) in [4.78, 5) is 11.1. The van der Waals surface area contributed by atoms with Crippen LogP contribution in [0.5, 0.6) is 5.75 Å². The number of esters is 1. The number of halogens is 1. The number of aromatic hydroxyl groups is 1. The van der Waals surface area contributed by atoms with Crippen LogP contribution in [0.1, 0.15) is 15.9 Å². The van der Waals surface area contributed by atoms with Crippen molar-refractivity contribution in [1.29, 1.82) is 5.26 Å². The highest BCUT2D eigenvalue weighted by atomic mass is 79.9. The zero-order chi connectivity index (χ0) is 10.7. The van der Waals surface area contributed by atoms with Gasteiger partial charge in [-0.15, -0.1) is 0 Å². The molecular weight excluding hydrogens is 250 g/mol. The normalized spacial score (nSPS) is 9.21. The minimum absolute atomic E-state index is 0.0263. The second-order valence-electron chi connectivity index (χ2n) is 2.43. The van der Waals surface area contributed by atoms with Gasteiger partial charge in [0.25, 0.3) is 0 Å². The van der Waals surface area contributed by atoms with Gasteiger partial charge in [-0.2, -0.15) is 5.26 Å². The average molecular weight is 256 g/mol. The summed E-state index contributed by atoms with van der Waals surface area (Å²) in [5, 5.41) is 18.1. The van der Waals surface area contributed by atoms with Gasteiger partial charge in [0.15, 0.2) is 0 Å². The molecule has 0 spiro atoms. The Kier molecular flexibility index (Phi) is 3.10. The summed E-state index contributed by atoms with van der Waals surface area (Å²) in [6.45, 7) is 0. The van der Waals surface area contributed by atoms with Crippen molar-refractivity contribution in [1.82, 2.24) is 0 Å². The van der Waals surface area contributed by atoms with Gasteiger partial charge in [0, 0.05) is 0 Å². The Balaban J connectivity index is 3.33. The zero-order valence-electron chi connectivity index (χ0n) is 7.24. The molecule has 0 amide bonds. The number of hydrogen-bond acceptors (Lipinski definition) is 4. The van der Waals surface area contributed by atoms with Crippen molar-refractivity contribution in [2.24, 2.45) is 0 Å². The van der Waals surface area contributed by atoms with Gasteiger partial charge in [-0.05, 0) is 28.1 Å². The molecule has 0 aromatic heterocycles. The number of carbonyl (C=O) groups excluding carboxylic acids is 1. The average Bonchev–Trinajstić information content (AvgIpc) is 2.21. The Bertz CT molecular complexity index is 423.